The number of benzene rings is 1. The number of rotatable bonds is 7. The molecule has 6 aliphatic rings. The van der Waals surface area contributed by atoms with Gasteiger partial charge >= 0.3 is 5.97 Å². The molecule has 1 aromatic carbocycles. The van der Waals surface area contributed by atoms with Gasteiger partial charge in [0.05, 0.1) is 18.8 Å². The van der Waals surface area contributed by atoms with Crippen molar-refractivity contribution in [3.8, 4) is 0 Å². The highest BCUT2D eigenvalue weighted by molar-refractivity contribution is 5.88. The molecule has 5 aliphatic carbocycles. The van der Waals surface area contributed by atoms with E-state index in [4.69, 9.17) is 4.74 Å². The van der Waals surface area contributed by atoms with E-state index in [0.717, 1.165) is 51.7 Å². The van der Waals surface area contributed by atoms with Crippen molar-refractivity contribution in [2.24, 2.45) is 51.2 Å². The van der Waals surface area contributed by atoms with Crippen LogP contribution < -0.4 is 5.32 Å². The van der Waals surface area contributed by atoms with Crippen molar-refractivity contribution in [3.05, 3.63) is 53.6 Å². The average Bonchev–Trinajstić information content (AvgIpc) is 3.42. The lowest BCUT2D eigenvalue weighted by Gasteiger charge is -2.72. The molecule has 5 nitrogen and oxygen atoms in total. The van der Waals surface area contributed by atoms with Crippen LogP contribution in [0.15, 0.2) is 42.5 Å². The second-order valence-corrected chi connectivity index (χ2v) is 18.1. The van der Waals surface area contributed by atoms with Crippen LogP contribution in [0.5, 0.6) is 0 Å². The molecule has 1 heterocycles. The molecular weight excluding hydrogens is 580 g/mol. The van der Waals surface area contributed by atoms with E-state index in [2.05, 4.69) is 64.4 Å². The van der Waals surface area contributed by atoms with E-state index < -0.39 is 5.97 Å². The minimum atomic E-state index is -0.854. The molecule has 1 saturated heterocycles. The van der Waals surface area contributed by atoms with Gasteiger partial charge in [0.15, 0.2) is 0 Å². The number of nitrogens with zero attached hydrogens (tertiary/aromatic N) is 1. The third kappa shape index (κ3) is 5.06. The van der Waals surface area contributed by atoms with E-state index in [1.807, 2.05) is 12.1 Å². The summed E-state index contributed by atoms with van der Waals surface area (Å²) in [6, 6.07) is 7.65. The van der Waals surface area contributed by atoms with Crippen molar-refractivity contribution in [3.63, 3.8) is 0 Å². The van der Waals surface area contributed by atoms with E-state index in [1.54, 1.807) is 12.1 Å². The molecule has 5 heteroatoms. The Morgan fingerprint density at radius 2 is 1.66 bits per heavy atom. The standard InChI is InChI=1S/C42H62N2O3/c1-28(2)31-14-19-42(43-22-23-44-24-26-47-27-25-44)21-20-40(6)33(36(31)42)12-13-35-39(5)17-15-32(29-8-10-30(11-9-29)37(45)46)38(3,4)34(39)16-18-41(35,40)7/h8-11,15,31,33-36,43H,1,12-14,16-27H2,2-7H3,(H,45,46)/t31-,33+,34?,35?,36?,39-,40+,41+,42-/m0/s1. The highest BCUT2D eigenvalue weighted by Gasteiger charge is 2.70. The lowest BCUT2D eigenvalue weighted by Crippen LogP contribution is -2.68. The molecular formula is C42H62N2O3. The molecule has 1 aromatic rings. The fourth-order valence-corrected chi connectivity index (χ4v) is 13.6. The molecule has 1 aliphatic heterocycles. The summed E-state index contributed by atoms with van der Waals surface area (Å²) >= 11 is 0. The van der Waals surface area contributed by atoms with Crippen LogP contribution in [0.4, 0.5) is 0 Å². The maximum Gasteiger partial charge on any atom is 0.335 e. The number of allylic oxidation sites excluding steroid dienone is 3. The molecule has 47 heavy (non-hydrogen) atoms. The quantitative estimate of drug-likeness (QED) is 0.292. The van der Waals surface area contributed by atoms with Crippen LogP contribution in [0.3, 0.4) is 0 Å². The average molecular weight is 643 g/mol. The van der Waals surface area contributed by atoms with Crippen molar-refractivity contribution >= 4 is 11.5 Å². The summed E-state index contributed by atoms with van der Waals surface area (Å²) in [5, 5.41) is 13.8. The van der Waals surface area contributed by atoms with Gasteiger partial charge in [-0.2, -0.15) is 0 Å². The van der Waals surface area contributed by atoms with Crippen molar-refractivity contribution in [2.45, 2.75) is 105 Å². The first-order chi connectivity index (χ1) is 22.3. The van der Waals surface area contributed by atoms with Crippen LogP contribution in [0.1, 0.15) is 115 Å². The van der Waals surface area contributed by atoms with Gasteiger partial charge in [-0.1, -0.05) is 65.0 Å². The van der Waals surface area contributed by atoms with E-state index in [0.29, 0.717) is 40.1 Å². The SMILES string of the molecule is C=C(C)[C@@H]1CC[C@]2(NCCN3CCOCC3)CC[C@]3(C)[C@H](CCC4[C@@]5(C)CC=C(c6ccc(C(=O)O)cc6)C(C)(C)C5CC[C@]43C)C12. The zero-order valence-electron chi connectivity index (χ0n) is 30.3. The number of morpholine rings is 1. The molecule has 258 valence electrons. The molecule has 0 radical (unpaired) electrons. The predicted octanol–water partition coefficient (Wildman–Crippen LogP) is 8.71. The summed E-state index contributed by atoms with van der Waals surface area (Å²) in [6.45, 7) is 26.2. The zero-order chi connectivity index (χ0) is 33.4. The van der Waals surface area contributed by atoms with Crippen LogP contribution in [0, 0.1) is 51.2 Å². The van der Waals surface area contributed by atoms with Gasteiger partial charge in [-0.15, -0.1) is 0 Å². The number of hydrogen-bond donors (Lipinski definition) is 2. The van der Waals surface area contributed by atoms with Crippen molar-refractivity contribution < 1.29 is 14.6 Å². The monoisotopic (exact) mass is 642 g/mol. The first-order valence-electron chi connectivity index (χ1n) is 19.0. The van der Waals surface area contributed by atoms with Gasteiger partial charge in [0, 0.05) is 31.7 Å². The summed E-state index contributed by atoms with van der Waals surface area (Å²) in [5.74, 6) is 2.55. The van der Waals surface area contributed by atoms with Crippen molar-refractivity contribution in [1.29, 1.82) is 0 Å². The van der Waals surface area contributed by atoms with E-state index >= 15 is 0 Å². The fourth-order valence-electron chi connectivity index (χ4n) is 13.6. The molecule has 0 spiro atoms. The molecule has 0 aromatic heterocycles. The second kappa shape index (κ2) is 11.8. The van der Waals surface area contributed by atoms with Gasteiger partial charge < -0.3 is 15.2 Å². The summed E-state index contributed by atoms with van der Waals surface area (Å²) in [4.78, 5) is 14.1. The first-order valence-corrected chi connectivity index (χ1v) is 19.0. The Morgan fingerprint density at radius 3 is 2.34 bits per heavy atom. The largest absolute Gasteiger partial charge is 0.478 e. The Hall–Kier alpha value is -1.95. The number of carboxylic acids is 1. The van der Waals surface area contributed by atoms with Crippen LogP contribution in [-0.2, 0) is 4.74 Å². The maximum absolute atomic E-state index is 11.5. The van der Waals surface area contributed by atoms with Crippen molar-refractivity contribution in [1.82, 2.24) is 10.2 Å². The number of carbonyl (C=O) groups is 1. The lowest BCUT2D eigenvalue weighted by molar-refractivity contribution is -0.219. The maximum atomic E-state index is 11.5. The highest BCUT2D eigenvalue weighted by atomic mass is 16.5. The summed E-state index contributed by atoms with van der Waals surface area (Å²) in [7, 11) is 0. The zero-order valence-corrected chi connectivity index (χ0v) is 30.3. The normalized spacial score (nSPS) is 42.8. The molecule has 2 N–H and O–H groups in total. The molecule has 9 atom stereocenters. The predicted molar refractivity (Wildman–Crippen MR) is 191 cm³/mol. The molecule has 0 bridgehead atoms. The number of fused-ring (bicyclic) bond motifs is 7. The number of carboxylic acid groups (broad SMARTS) is 1. The molecule has 0 amide bonds. The summed E-state index contributed by atoms with van der Waals surface area (Å²) in [6.07, 6.45) is 14.2. The van der Waals surface area contributed by atoms with Crippen LogP contribution in [0.2, 0.25) is 0 Å². The van der Waals surface area contributed by atoms with Crippen molar-refractivity contribution in [2.75, 3.05) is 39.4 Å². The molecule has 3 unspecified atom stereocenters. The number of ether oxygens (including phenoxy) is 1. The fraction of sp³-hybridized carbons (Fsp3) is 0.738. The molecule has 5 fully saturated rings. The lowest BCUT2D eigenvalue weighted by atomic mass is 9.33. The number of aromatic carboxylic acids is 1. The van der Waals surface area contributed by atoms with Crippen LogP contribution >= 0.6 is 0 Å². The third-order valence-electron chi connectivity index (χ3n) is 16.1. The van der Waals surface area contributed by atoms with Crippen LogP contribution in [-0.4, -0.2) is 60.9 Å². The third-order valence-corrected chi connectivity index (χ3v) is 16.1. The second-order valence-electron chi connectivity index (χ2n) is 18.1. The Morgan fingerprint density at radius 1 is 0.936 bits per heavy atom. The van der Waals surface area contributed by atoms with E-state index in [-0.39, 0.29) is 16.4 Å². The Kier molecular flexibility index (Phi) is 8.45. The highest BCUT2D eigenvalue weighted by Crippen LogP contribution is 2.76. The first kappa shape index (κ1) is 33.5. The van der Waals surface area contributed by atoms with Gasteiger partial charge in [-0.25, -0.2) is 4.79 Å². The van der Waals surface area contributed by atoms with Gasteiger partial charge in [0.2, 0.25) is 0 Å². The molecule has 7 rings (SSSR count). The Bertz CT molecular complexity index is 1410. The topological polar surface area (TPSA) is 61.8 Å². The Labute approximate surface area is 285 Å². The van der Waals surface area contributed by atoms with Gasteiger partial charge in [-0.3, -0.25) is 4.90 Å². The van der Waals surface area contributed by atoms with Gasteiger partial charge in [-0.05, 0) is 139 Å². The van der Waals surface area contributed by atoms with Crippen LogP contribution in [0.25, 0.3) is 5.57 Å². The summed E-state index contributed by atoms with van der Waals surface area (Å²) in [5.41, 5.74) is 5.63. The Balaban J connectivity index is 1.17. The van der Waals surface area contributed by atoms with E-state index in [1.165, 1.54) is 68.1 Å². The number of hydrogen-bond acceptors (Lipinski definition) is 4. The minimum Gasteiger partial charge on any atom is -0.478 e. The minimum absolute atomic E-state index is 0.0411. The smallest absolute Gasteiger partial charge is 0.335 e. The van der Waals surface area contributed by atoms with Gasteiger partial charge in [0.25, 0.3) is 0 Å². The van der Waals surface area contributed by atoms with Gasteiger partial charge in [0.1, 0.15) is 0 Å². The molecule has 4 saturated carbocycles. The number of nitrogens with one attached hydrogen (secondary N) is 1. The summed E-state index contributed by atoms with van der Waals surface area (Å²) < 4.78 is 5.62. The van der Waals surface area contributed by atoms with E-state index in [9.17, 15) is 9.90 Å².